The zero-order valence-corrected chi connectivity index (χ0v) is 22.2. The Kier molecular flexibility index (Phi) is 11.7. The van der Waals surface area contributed by atoms with Crippen LogP contribution in [0.3, 0.4) is 0 Å². The summed E-state index contributed by atoms with van der Waals surface area (Å²) < 4.78 is 9.33. The largest absolute Gasteiger partial charge is 0.469 e. The lowest BCUT2D eigenvalue weighted by Gasteiger charge is -2.29. The van der Waals surface area contributed by atoms with E-state index in [0.717, 1.165) is 5.56 Å². The molecule has 0 aromatic heterocycles. The monoisotopic (exact) mass is 532 g/mol. The highest BCUT2D eigenvalue weighted by atomic mass is 16.5. The number of ether oxygens (including phenoxy) is 2. The number of carbonyl (C=O) groups is 6. The molecule has 38 heavy (non-hydrogen) atoms. The van der Waals surface area contributed by atoms with E-state index in [4.69, 9.17) is 4.74 Å². The summed E-state index contributed by atoms with van der Waals surface area (Å²) in [6, 6.07) is 5.52. The third kappa shape index (κ3) is 8.86. The molecule has 1 fully saturated rings. The molecule has 0 saturated carbocycles. The molecule has 4 amide bonds. The first-order valence-corrected chi connectivity index (χ1v) is 12.5. The van der Waals surface area contributed by atoms with Crippen LogP contribution in [0.2, 0.25) is 0 Å². The topological polar surface area (TPSA) is 160 Å². The molecule has 12 nitrogen and oxygen atoms in total. The van der Waals surface area contributed by atoms with Gasteiger partial charge in [0.1, 0.15) is 24.2 Å². The van der Waals surface area contributed by atoms with E-state index in [1.165, 1.54) is 33.0 Å². The predicted molar refractivity (Wildman–Crippen MR) is 135 cm³/mol. The molecule has 0 bridgehead atoms. The lowest BCUT2D eigenvalue weighted by atomic mass is 10.1. The van der Waals surface area contributed by atoms with Crippen LogP contribution >= 0.6 is 0 Å². The maximum Gasteiger partial charge on any atom is 0.328 e. The van der Waals surface area contributed by atoms with Crippen molar-refractivity contribution in [1.29, 1.82) is 0 Å². The number of carbonyl (C=O) groups excluding carboxylic acids is 6. The molecule has 2 rings (SSSR count). The second kappa shape index (κ2) is 14.7. The van der Waals surface area contributed by atoms with Crippen molar-refractivity contribution in [2.45, 2.75) is 70.1 Å². The quantitative estimate of drug-likeness (QED) is 0.313. The summed E-state index contributed by atoms with van der Waals surface area (Å²) in [4.78, 5) is 75.6. The zero-order chi connectivity index (χ0) is 28.2. The van der Waals surface area contributed by atoms with Crippen LogP contribution in [0.25, 0.3) is 0 Å². The van der Waals surface area contributed by atoms with Crippen LogP contribution in [-0.4, -0.2) is 85.4 Å². The summed E-state index contributed by atoms with van der Waals surface area (Å²) in [5, 5.41) is 7.73. The number of amides is 4. The van der Waals surface area contributed by atoms with Crippen LogP contribution in [0.15, 0.2) is 30.3 Å². The highest BCUT2D eigenvalue weighted by Gasteiger charge is 2.38. The molecule has 4 atom stereocenters. The number of likely N-dealkylation sites (tertiary alicyclic amines) is 1. The van der Waals surface area contributed by atoms with Crippen LogP contribution < -0.4 is 16.0 Å². The fourth-order valence-corrected chi connectivity index (χ4v) is 4.10. The Hall–Kier alpha value is -3.96. The fraction of sp³-hybridized carbons (Fsp3) is 0.538. The lowest BCUT2D eigenvalue weighted by Crippen LogP contribution is -2.56. The fourth-order valence-electron chi connectivity index (χ4n) is 4.10. The zero-order valence-electron chi connectivity index (χ0n) is 22.2. The average molecular weight is 533 g/mol. The molecule has 1 aromatic carbocycles. The predicted octanol–water partition coefficient (Wildman–Crippen LogP) is -0.159. The van der Waals surface area contributed by atoms with E-state index >= 15 is 0 Å². The molecule has 0 spiro atoms. The van der Waals surface area contributed by atoms with Gasteiger partial charge in [0.15, 0.2) is 0 Å². The van der Waals surface area contributed by atoms with E-state index in [2.05, 4.69) is 20.7 Å². The highest BCUT2D eigenvalue weighted by molar-refractivity contribution is 5.95. The van der Waals surface area contributed by atoms with Gasteiger partial charge < -0.3 is 30.3 Å². The van der Waals surface area contributed by atoms with Crippen molar-refractivity contribution in [1.82, 2.24) is 20.9 Å². The van der Waals surface area contributed by atoms with E-state index < -0.39 is 59.7 Å². The van der Waals surface area contributed by atoms with Crippen LogP contribution in [0.1, 0.15) is 45.1 Å². The van der Waals surface area contributed by atoms with Crippen molar-refractivity contribution in [3.63, 3.8) is 0 Å². The molecule has 1 aliphatic rings. The van der Waals surface area contributed by atoms with Crippen LogP contribution in [-0.2, 0) is 44.7 Å². The summed E-state index contributed by atoms with van der Waals surface area (Å²) in [5.74, 6) is -3.18. The van der Waals surface area contributed by atoms with Gasteiger partial charge in [0.25, 0.3) is 0 Å². The number of hydrogen-bond acceptors (Lipinski definition) is 8. The summed E-state index contributed by atoms with van der Waals surface area (Å²) in [5.41, 5.74) is 0.838. The van der Waals surface area contributed by atoms with Gasteiger partial charge in [0, 0.05) is 19.4 Å². The lowest BCUT2D eigenvalue weighted by molar-refractivity contribution is -0.146. The summed E-state index contributed by atoms with van der Waals surface area (Å²) >= 11 is 0. The van der Waals surface area contributed by atoms with Gasteiger partial charge in [-0.2, -0.15) is 0 Å². The normalized spacial score (nSPS) is 16.9. The average Bonchev–Trinajstić information content (AvgIpc) is 3.41. The minimum Gasteiger partial charge on any atom is -0.469 e. The number of methoxy groups -OCH3 is 2. The maximum absolute atomic E-state index is 13.1. The molecular weight excluding hydrogens is 496 g/mol. The van der Waals surface area contributed by atoms with Gasteiger partial charge in [-0.05, 0) is 32.3 Å². The highest BCUT2D eigenvalue weighted by Crippen LogP contribution is 2.19. The Morgan fingerprint density at radius 2 is 1.61 bits per heavy atom. The van der Waals surface area contributed by atoms with Gasteiger partial charge in [-0.15, -0.1) is 0 Å². The Bertz CT molecular complexity index is 1020. The number of nitrogens with zero attached hydrogens (tertiary/aromatic N) is 1. The molecule has 208 valence electrons. The first-order valence-electron chi connectivity index (χ1n) is 12.5. The van der Waals surface area contributed by atoms with E-state index in [1.807, 2.05) is 30.3 Å². The molecule has 1 saturated heterocycles. The van der Waals surface area contributed by atoms with Gasteiger partial charge in [0.2, 0.25) is 23.6 Å². The van der Waals surface area contributed by atoms with Crippen molar-refractivity contribution in [3.05, 3.63) is 35.9 Å². The van der Waals surface area contributed by atoms with Crippen molar-refractivity contribution >= 4 is 35.6 Å². The molecule has 0 radical (unpaired) electrons. The molecule has 3 N–H and O–H groups in total. The molecular formula is C26H36N4O8. The second-order valence-corrected chi connectivity index (χ2v) is 9.06. The minimum atomic E-state index is -0.967. The van der Waals surface area contributed by atoms with E-state index in [0.29, 0.717) is 19.4 Å². The molecule has 0 aliphatic carbocycles. The molecule has 1 aromatic rings. The van der Waals surface area contributed by atoms with Gasteiger partial charge in [0.05, 0.1) is 20.6 Å². The van der Waals surface area contributed by atoms with Gasteiger partial charge in [-0.1, -0.05) is 30.3 Å². The summed E-state index contributed by atoms with van der Waals surface area (Å²) in [6.07, 6.45) is 0.963. The third-order valence-corrected chi connectivity index (χ3v) is 6.21. The van der Waals surface area contributed by atoms with E-state index in [-0.39, 0.29) is 19.3 Å². The first kappa shape index (κ1) is 30.3. The van der Waals surface area contributed by atoms with E-state index in [9.17, 15) is 28.8 Å². The molecule has 4 unspecified atom stereocenters. The number of nitrogens with one attached hydrogen (secondary N) is 3. The summed E-state index contributed by atoms with van der Waals surface area (Å²) in [7, 11) is 2.45. The van der Waals surface area contributed by atoms with Crippen LogP contribution in [0, 0.1) is 0 Å². The molecule has 1 heterocycles. The Morgan fingerprint density at radius 3 is 2.24 bits per heavy atom. The third-order valence-electron chi connectivity index (χ3n) is 6.21. The van der Waals surface area contributed by atoms with Gasteiger partial charge >= 0.3 is 11.9 Å². The molecule has 1 aliphatic heterocycles. The second-order valence-electron chi connectivity index (χ2n) is 9.06. The Balaban J connectivity index is 1.95. The number of hydrogen-bond donors (Lipinski definition) is 3. The number of esters is 2. The van der Waals surface area contributed by atoms with Gasteiger partial charge in [-0.3, -0.25) is 24.0 Å². The smallest absolute Gasteiger partial charge is 0.328 e. The number of rotatable bonds is 12. The SMILES string of the molecule is COC(=O)CCC(=O)NC(C)C(=O)NC(C)C(=O)N1CCCC1C(=O)NC(Cc1ccccc1)C(=O)OC. The minimum absolute atomic E-state index is 0.119. The van der Waals surface area contributed by atoms with Crippen molar-refractivity contribution in [2.24, 2.45) is 0 Å². The van der Waals surface area contributed by atoms with Crippen LogP contribution in [0.5, 0.6) is 0 Å². The van der Waals surface area contributed by atoms with Crippen molar-refractivity contribution in [2.75, 3.05) is 20.8 Å². The Morgan fingerprint density at radius 1 is 0.921 bits per heavy atom. The molecule has 12 heteroatoms. The summed E-state index contributed by atoms with van der Waals surface area (Å²) in [6.45, 7) is 3.26. The van der Waals surface area contributed by atoms with Crippen molar-refractivity contribution in [3.8, 4) is 0 Å². The maximum atomic E-state index is 13.1. The standard InChI is InChI=1S/C26H36N4O8/c1-16(27-21(31)12-13-22(32)37-3)23(33)28-17(2)25(35)30-14-8-11-20(30)24(34)29-19(26(36)38-4)15-18-9-6-5-7-10-18/h5-7,9-10,16-17,19-20H,8,11-15H2,1-4H3,(H,27,31)(H,28,33)(H,29,34). The van der Waals surface area contributed by atoms with Gasteiger partial charge in [-0.25, -0.2) is 4.79 Å². The van der Waals surface area contributed by atoms with Crippen LogP contribution in [0.4, 0.5) is 0 Å². The Labute approximate surface area is 221 Å². The number of benzene rings is 1. The van der Waals surface area contributed by atoms with Crippen molar-refractivity contribution < 1.29 is 38.2 Å². The van der Waals surface area contributed by atoms with E-state index in [1.54, 1.807) is 0 Å². The first-order chi connectivity index (χ1) is 18.1.